The van der Waals surface area contributed by atoms with Crippen LogP contribution in [0.15, 0.2) is 36.4 Å². The Labute approximate surface area is 171 Å². The van der Waals surface area contributed by atoms with Crippen molar-refractivity contribution in [3.63, 3.8) is 0 Å². The summed E-state index contributed by atoms with van der Waals surface area (Å²) in [5.74, 6) is 1.97. The lowest BCUT2D eigenvalue weighted by molar-refractivity contribution is 0.0681. The minimum absolute atomic E-state index is 0.242. The first-order valence-corrected chi connectivity index (χ1v) is 10.5. The van der Waals surface area contributed by atoms with E-state index in [0.717, 1.165) is 55.2 Å². The summed E-state index contributed by atoms with van der Waals surface area (Å²) in [6.07, 6.45) is 4.73. The van der Waals surface area contributed by atoms with E-state index in [1.165, 1.54) is 5.56 Å². The topological polar surface area (TPSA) is 76.4 Å². The van der Waals surface area contributed by atoms with E-state index in [4.69, 9.17) is 9.84 Å². The molecule has 4 rings (SSSR count). The predicted octanol–water partition coefficient (Wildman–Crippen LogP) is 4.23. The summed E-state index contributed by atoms with van der Waals surface area (Å²) >= 11 is 0. The smallest absolute Gasteiger partial charge is 0.201 e. The van der Waals surface area contributed by atoms with Gasteiger partial charge in [-0.25, -0.2) is 0 Å². The van der Waals surface area contributed by atoms with E-state index >= 15 is 0 Å². The van der Waals surface area contributed by atoms with E-state index < -0.39 is 0 Å². The van der Waals surface area contributed by atoms with Gasteiger partial charge in [0.05, 0.1) is 11.8 Å². The Morgan fingerprint density at radius 2 is 1.86 bits per heavy atom. The van der Waals surface area contributed by atoms with Crippen LogP contribution in [-0.2, 0) is 11.3 Å². The highest BCUT2D eigenvalue weighted by Crippen LogP contribution is 2.26. The molecule has 7 nitrogen and oxygen atoms in total. The van der Waals surface area contributed by atoms with Crippen LogP contribution in [0.2, 0.25) is 0 Å². The van der Waals surface area contributed by atoms with Gasteiger partial charge in [0.1, 0.15) is 5.82 Å². The van der Waals surface area contributed by atoms with Crippen molar-refractivity contribution in [2.45, 2.75) is 64.1 Å². The molecule has 0 bridgehead atoms. The maximum Gasteiger partial charge on any atom is 0.201 e. The zero-order chi connectivity index (χ0) is 20.2. The molecule has 0 aliphatic heterocycles. The van der Waals surface area contributed by atoms with Gasteiger partial charge in [0.15, 0.2) is 5.82 Å². The van der Waals surface area contributed by atoms with Crippen molar-refractivity contribution in [3.05, 3.63) is 47.8 Å². The molecule has 154 valence electrons. The van der Waals surface area contributed by atoms with Crippen LogP contribution >= 0.6 is 0 Å². The summed E-state index contributed by atoms with van der Waals surface area (Å²) < 4.78 is 7.37. The van der Waals surface area contributed by atoms with Crippen molar-refractivity contribution < 1.29 is 4.74 Å². The van der Waals surface area contributed by atoms with Crippen LogP contribution in [0, 0.1) is 0 Å². The molecule has 1 aliphatic carbocycles. The summed E-state index contributed by atoms with van der Waals surface area (Å²) in [7, 11) is 1.80. The van der Waals surface area contributed by atoms with Gasteiger partial charge in [0.25, 0.3) is 0 Å². The van der Waals surface area contributed by atoms with Crippen LogP contribution in [0.3, 0.4) is 0 Å². The zero-order valence-electron chi connectivity index (χ0n) is 17.4. The number of benzene rings is 1. The number of anilines is 2. The van der Waals surface area contributed by atoms with E-state index in [1.54, 1.807) is 7.11 Å². The van der Waals surface area contributed by atoms with Crippen LogP contribution in [-0.4, -0.2) is 39.1 Å². The SMILES string of the molecule is COC1CCC(Nc2cc(NCc3ccccc3)c3nnc(C(C)C)n3n2)CC1. The minimum Gasteiger partial charge on any atom is -0.381 e. The molecule has 0 unspecified atom stereocenters. The molecule has 2 aromatic heterocycles. The van der Waals surface area contributed by atoms with Crippen molar-refractivity contribution in [3.8, 4) is 0 Å². The first-order chi connectivity index (χ1) is 14.1. The number of rotatable bonds is 7. The lowest BCUT2D eigenvalue weighted by atomic mass is 9.93. The molecule has 0 spiro atoms. The third-order valence-corrected chi connectivity index (χ3v) is 5.60. The van der Waals surface area contributed by atoms with Gasteiger partial charge in [-0.1, -0.05) is 44.2 Å². The molecule has 7 heteroatoms. The number of methoxy groups -OCH3 is 1. The molecule has 1 saturated carbocycles. The molecule has 0 radical (unpaired) electrons. The zero-order valence-corrected chi connectivity index (χ0v) is 17.4. The molecule has 0 atom stereocenters. The fraction of sp³-hybridized carbons (Fsp3) is 0.500. The largest absolute Gasteiger partial charge is 0.381 e. The van der Waals surface area contributed by atoms with Crippen molar-refractivity contribution in [1.29, 1.82) is 0 Å². The molecule has 1 aromatic carbocycles. The third-order valence-electron chi connectivity index (χ3n) is 5.60. The van der Waals surface area contributed by atoms with Crippen molar-refractivity contribution in [2.24, 2.45) is 0 Å². The quantitative estimate of drug-likeness (QED) is 0.625. The second-order valence-electron chi connectivity index (χ2n) is 8.08. The lowest BCUT2D eigenvalue weighted by Gasteiger charge is -2.28. The average molecular weight is 395 g/mol. The lowest BCUT2D eigenvalue weighted by Crippen LogP contribution is -2.29. The maximum atomic E-state index is 5.50. The first-order valence-electron chi connectivity index (χ1n) is 10.5. The number of hydrogen-bond acceptors (Lipinski definition) is 6. The normalized spacial score (nSPS) is 19.6. The molecule has 1 aliphatic rings. The summed E-state index contributed by atoms with van der Waals surface area (Å²) in [5.41, 5.74) is 2.92. The van der Waals surface area contributed by atoms with Gasteiger partial charge in [-0.3, -0.25) is 0 Å². The van der Waals surface area contributed by atoms with E-state index in [1.807, 2.05) is 10.6 Å². The first kappa shape index (κ1) is 19.6. The Morgan fingerprint density at radius 3 is 2.55 bits per heavy atom. The van der Waals surface area contributed by atoms with Crippen molar-refractivity contribution >= 4 is 17.2 Å². The van der Waals surface area contributed by atoms with Gasteiger partial charge in [0.2, 0.25) is 5.65 Å². The van der Waals surface area contributed by atoms with E-state index in [-0.39, 0.29) is 5.92 Å². The Bertz CT molecular complexity index is 931. The Morgan fingerprint density at radius 1 is 1.10 bits per heavy atom. The summed E-state index contributed by atoms with van der Waals surface area (Å²) in [6.45, 7) is 4.95. The molecule has 2 heterocycles. The van der Waals surface area contributed by atoms with Crippen molar-refractivity contribution in [1.82, 2.24) is 19.8 Å². The molecule has 29 heavy (non-hydrogen) atoms. The van der Waals surface area contributed by atoms with Crippen LogP contribution in [0.5, 0.6) is 0 Å². The van der Waals surface area contributed by atoms with Gasteiger partial charge in [-0.15, -0.1) is 15.3 Å². The molecular weight excluding hydrogens is 364 g/mol. The van der Waals surface area contributed by atoms with Gasteiger partial charge in [-0.05, 0) is 31.2 Å². The molecule has 2 N–H and O–H groups in total. The molecule has 3 aromatic rings. The fourth-order valence-electron chi connectivity index (χ4n) is 3.90. The highest BCUT2D eigenvalue weighted by atomic mass is 16.5. The number of hydrogen-bond donors (Lipinski definition) is 2. The fourth-order valence-corrected chi connectivity index (χ4v) is 3.90. The van der Waals surface area contributed by atoms with E-state index in [9.17, 15) is 0 Å². The monoisotopic (exact) mass is 394 g/mol. The van der Waals surface area contributed by atoms with Gasteiger partial charge in [-0.2, -0.15) is 4.52 Å². The second-order valence-corrected chi connectivity index (χ2v) is 8.08. The summed E-state index contributed by atoms with van der Waals surface area (Å²) in [5, 5.41) is 20.8. The van der Waals surface area contributed by atoms with E-state index in [2.05, 4.69) is 65.0 Å². The van der Waals surface area contributed by atoms with Crippen LogP contribution in [0.1, 0.15) is 56.8 Å². The Kier molecular flexibility index (Phi) is 5.94. The highest BCUT2D eigenvalue weighted by Gasteiger charge is 2.22. The van der Waals surface area contributed by atoms with Crippen molar-refractivity contribution in [2.75, 3.05) is 17.7 Å². The van der Waals surface area contributed by atoms with E-state index in [0.29, 0.717) is 12.1 Å². The average Bonchev–Trinajstić information content (AvgIpc) is 3.18. The van der Waals surface area contributed by atoms with Crippen LogP contribution in [0.25, 0.3) is 5.65 Å². The Balaban J connectivity index is 1.59. The Hall–Kier alpha value is -2.67. The number of fused-ring (bicyclic) bond motifs is 1. The predicted molar refractivity (Wildman–Crippen MR) is 115 cm³/mol. The number of nitrogens with zero attached hydrogens (tertiary/aromatic N) is 4. The number of ether oxygens (including phenoxy) is 1. The molecule has 0 saturated heterocycles. The van der Waals surface area contributed by atoms with Gasteiger partial charge in [0, 0.05) is 31.7 Å². The number of nitrogens with one attached hydrogen (secondary N) is 2. The molecule has 0 amide bonds. The van der Waals surface area contributed by atoms with Gasteiger partial charge >= 0.3 is 0 Å². The van der Waals surface area contributed by atoms with Crippen LogP contribution in [0.4, 0.5) is 11.5 Å². The second kappa shape index (κ2) is 8.78. The highest BCUT2D eigenvalue weighted by molar-refractivity contribution is 5.70. The number of aromatic nitrogens is 4. The maximum absolute atomic E-state index is 5.50. The minimum atomic E-state index is 0.242. The molecule has 1 fully saturated rings. The van der Waals surface area contributed by atoms with Crippen LogP contribution < -0.4 is 10.6 Å². The van der Waals surface area contributed by atoms with Gasteiger partial charge < -0.3 is 15.4 Å². The molecular formula is C22H30N6O. The summed E-state index contributed by atoms with van der Waals surface area (Å²) in [6, 6.07) is 12.8. The third kappa shape index (κ3) is 4.50. The summed E-state index contributed by atoms with van der Waals surface area (Å²) in [4.78, 5) is 0. The standard InChI is InChI=1S/C22H30N6O/c1-15(2)21-25-26-22-19(23-14-16-7-5-4-6-8-16)13-20(27-28(21)22)24-17-9-11-18(29-3)12-10-17/h4-8,13,15,17-18,23H,9-12,14H2,1-3H3,(H,24,27).